The molecule has 146 valence electrons. The molecule has 1 unspecified atom stereocenters. The van der Waals surface area contributed by atoms with Crippen molar-refractivity contribution in [1.29, 1.82) is 0 Å². The van der Waals surface area contributed by atoms with Crippen LogP contribution < -0.4 is 0 Å². The second-order valence-electron chi connectivity index (χ2n) is 6.24. The lowest BCUT2D eigenvalue weighted by molar-refractivity contribution is 0.212. The fraction of sp³-hybridized carbons (Fsp3) is 0.294. The number of nitrogens with zero attached hydrogens (tertiary/aromatic N) is 2. The van der Waals surface area contributed by atoms with Crippen molar-refractivity contribution in [3.05, 3.63) is 55.7 Å². The van der Waals surface area contributed by atoms with Crippen LogP contribution in [0.2, 0.25) is 0 Å². The number of halogens is 2. The summed E-state index contributed by atoms with van der Waals surface area (Å²) in [6.45, 7) is 2.11. The molecule has 0 amide bonds. The smallest absolute Gasteiger partial charge is 0.207 e. The van der Waals surface area contributed by atoms with E-state index in [2.05, 4.69) is 45.2 Å². The molecule has 0 spiro atoms. The minimum atomic E-state index is -3.66. The van der Waals surface area contributed by atoms with Crippen LogP contribution in [0.4, 0.5) is 0 Å². The third kappa shape index (κ3) is 4.50. The Hall–Kier alpha value is -0.280. The lowest BCUT2D eigenvalue weighted by atomic mass is 10.3. The molecular weight excluding hydrogens is 614 g/mol. The largest absolute Gasteiger partial charge is 0.243 e. The van der Waals surface area contributed by atoms with Crippen LogP contribution in [0.15, 0.2) is 58.3 Å². The molecule has 0 radical (unpaired) electrons. The molecule has 3 rings (SSSR count). The molecule has 27 heavy (non-hydrogen) atoms. The fourth-order valence-corrected chi connectivity index (χ4v) is 6.83. The van der Waals surface area contributed by atoms with Crippen molar-refractivity contribution in [2.75, 3.05) is 19.6 Å². The van der Waals surface area contributed by atoms with Gasteiger partial charge in [-0.1, -0.05) is 0 Å². The number of sulfonamides is 2. The summed E-state index contributed by atoms with van der Waals surface area (Å²) in [4.78, 5) is 0.452. The van der Waals surface area contributed by atoms with E-state index in [1.807, 2.05) is 0 Å². The molecule has 1 heterocycles. The zero-order chi connectivity index (χ0) is 19.8. The summed E-state index contributed by atoms with van der Waals surface area (Å²) in [7, 11) is -7.30. The van der Waals surface area contributed by atoms with Crippen molar-refractivity contribution in [2.24, 2.45) is 0 Å². The molecule has 0 aliphatic carbocycles. The summed E-state index contributed by atoms with van der Waals surface area (Å²) in [6.07, 6.45) is 0. The minimum absolute atomic E-state index is 0.123. The van der Waals surface area contributed by atoms with Gasteiger partial charge in [0.1, 0.15) is 0 Å². The second kappa shape index (κ2) is 8.22. The van der Waals surface area contributed by atoms with Gasteiger partial charge < -0.3 is 0 Å². The zero-order valence-electron chi connectivity index (χ0n) is 14.4. The highest BCUT2D eigenvalue weighted by Gasteiger charge is 2.38. The number of rotatable bonds is 4. The number of hydrogen-bond acceptors (Lipinski definition) is 4. The van der Waals surface area contributed by atoms with E-state index in [0.717, 1.165) is 7.14 Å². The van der Waals surface area contributed by atoms with Crippen LogP contribution in [0.5, 0.6) is 0 Å². The minimum Gasteiger partial charge on any atom is -0.207 e. The van der Waals surface area contributed by atoms with Crippen molar-refractivity contribution in [1.82, 2.24) is 8.61 Å². The van der Waals surface area contributed by atoms with Crippen LogP contribution in [0, 0.1) is 7.14 Å². The predicted octanol–water partition coefficient (Wildman–Crippen LogP) is 2.98. The fourth-order valence-electron chi connectivity index (χ4n) is 2.98. The van der Waals surface area contributed by atoms with E-state index in [-0.39, 0.29) is 29.4 Å². The van der Waals surface area contributed by atoms with Gasteiger partial charge in [-0.2, -0.15) is 8.61 Å². The summed E-state index contributed by atoms with van der Waals surface area (Å²) < 4.78 is 56.2. The van der Waals surface area contributed by atoms with E-state index in [4.69, 9.17) is 0 Å². The molecule has 1 saturated heterocycles. The van der Waals surface area contributed by atoms with Gasteiger partial charge in [0, 0.05) is 32.8 Å². The topological polar surface area (TPSA) is 74.8 Å². The maximum Gasteiger partial charge on any atom is 0.243 e. The molecule has 1 aliphatic rings. The van der Waals surface area contributed by atoms with Gasteiger partial charge >= 0.3 is 0 Å². The summed E-state index contributed by atoms with van der Waals surface area (Å²) in [5.74, 6) is 0. The lowest BCUT2D eigenvalue weighted by Gasteiger charge is -2.38. The first-order valence-electron chi connectivity index (χ1n) is 8.15. The number of piperazine rings is 1. The van der Waals surface area contributed by atoms with Gasteiger partial charge in [-0.15, -0.1) is 0 Å². The van der Waals surface area contributed by atoms with Gasteiger partial charge in [-0.25, -0.2) is 16.8 Å². The Bertz CT molecular complexity index is 1020. The highest BCUT2D eigenvalue weighted by atomic mass is 127. The quantitative estimate of drug-likeness (QED) is 0.487. The van der Waals surface area contributed by atoms with E-state index in [9.17, 15) is 16.8 Å². The summed E-state index contributed by atoms with van der Waals surface area (Å²) in [5, 5.41) is 0. The average molecular weight is 632 g/mol. The molecule has 1 aliphatic heterocycles. The van der Waals surface area contributed by atoms with Crippen molar-refractivity contribution in [2.45, 2.75) is 22.8 Å². The van der Waals surface area contributed by atoms with E-state index in [1.165, 1.54) is 8.61 Å². The molecule has 2 aromatic carbocycles. The first kappa shape index (κ1) is 21.4. The third-order valence-corrected chi connectivity index (χ3v) is 9.75. The molecule has 0 aromatic heterocycles. The molecule has 1 atom stereocenters. The van der Waals surface area contributed by atoms with Crippen LogP contribution in [0.1, 0.15) is 6.92 Å². The molecular formula is C17H18I2N2O4S2. The Labute approximate surface area is 187 Å². The third-order valence-electron chi connectivity index (χ3n) is 4.40. The molecule has 10 heteroatoms. The second-order valence-corrected chi connectivity index (χ2v) is 12.6. The summed E-state index contributed by atoms with van der Waals surface area (Å²) in [5.41, 5.74) is 0. The molecule has 1 fully saturated rings. The van der Waals surface area contributed by atoms with Crippen LogP contribution in [0.3, 0.4) is 0 Å². The highest BCUT2D eigenvalue weighted by molar-refractivity contribution is 14.1. The van der Waals surface area contributed by atoms with Crippen molar-refractivity contribution < 1.29 is 16.8 Å². The maximum absolute atomic E-state index is 12.9. The Morgan fingerprint density at radius 3 is 1.67 bits per heavy atom. The number of benzene rings is 2. The average Bonchev–Trinajstić information content (AvgIpc) is 2.62. The SMILES string of the molecule is CC1CN(S(=O)(=O)c2ccc(I)cc2)CCN1S(=O)(=O)c1ccc(I)cc1. The standard InChI is InChI=1S/C17H18I2N2O4S2/c1-13-12-20(26(22,23)16-6-2-14(18)3-7-16)10-11-21(13)27(24,25)17-8-4-15(19)5-9-17/h2-9,13H,10-12H2,1H3. The Morgan fingerprint density at radius 2 is 1.22 bits per heavy atom. The first-order chi connectivity index (χ1) is 12.6. The summed E-state index contributed by atoms with van der Waals surface area (Å²) in [6, 6.07) is 12.8. The van der Waals surface area contributed by atoms with Gasteiger partial charge in [0.2, 0.25) is 20.0 Å². The number of hydrogen-bond donors (Lipinski definition) is 0. The van der Waals surface area contributed by atoms with Gasteiger partial charge in [0.15, 0.2) is 0 Å². The molecule has 0 saturated carbocycles. The molecule has 0 bridgehead atoms. The van der Waals surface area contributed by atoms with E-state index < -0.39 is 26.1 Å². The monoisotopic (exact) mass is 632 g/mol. The highest BCUT2D eigenvalue weighted by Crippen LogP contribution is 2.25. The van der Waals surface area contributed by atoms with E-state index >= 15 is 0 Å². The van der Waals surface area contributed by atoms with Crippen LogP contribution >= 0.6 is 45.2 Å². The van der Waals surface area contributed by atoms with Crippen molar-refractivity contribution in [3.8, 4) is 0 Å². The van der Waals surface area contributed by atoms with Gasteiger partial charge in [-0.3, -0.25) is 0 Å². The molecule has 2 aromatic rings. The van der Waals surface area contributed by atoms with Crippen molar-refractivity contribution in [3.63, 3.8) is 0 Å². The Balaban J connectivity index is 1.81. The Kier molecular flexibility index (Phi) is 6.53. The van der Waals surface area contributed by atoms with Crippen LogP contribution in [0.25, 0.3) is 0 Å². The van der Waals surface area contributed by atoms with E-state index in [0.29, 0.717) is 0 Å². The summed E-state index contributed by atoms with van der Waals surface area (Å²) >= 11 is 4.24. The van der Waals surface area contributed by atoms with Gasteiger partial charge in [0.05, 0.1) is 9.79 Å². The lowest BCUT2D eigenvalue weighted by Crippen LogP contribution is -2.55. The molecule has 0 N–H and O–H groups in total. The normalized spacial score (nSPS) is 19.9. The van der Waals surface area contributed by atoms with Crippen LogP contribution in [-0.2, 0) is 20.0 Å². The van der Waals surface area contributed by atoms with Gasteiger partial charge in [-0.05, 0) is 101 Å². The predicted molar refractivity (Wildman–Crippen MR) is 120 cm³/mol. The molecule has 6 nitrogen and oxygen atoms in total. The van der Waals surface area contributed by atoms with Crippen molar-refractivity contribution >= 4 is 65.2 Å². The Morgan fingerprint density at radius 1 is 0.778 bits per heavy atom. The first-order valence-corrected chi connectivity index (χ1v) is 13.2. The zero-order valence-corrected chi connectivity index (χ0v) is 20.4. The van der Waals surface area contributed by atoms with Gasteiger partial charge in [0.25, 0.3) is 0 Å². The van der Waals surface area contributed by atoms with E-state index in [1.54, 1.807) is 55.5 Å². The van der Waals surface area contributed by atoms with Crippen LogP contribution in [-0.4, -0.2) is 51.1 Å². The maximum atomic E-state index is 12.9.